The maximum Gasteiger partial charge on any atom is 0.416 e. The number of hydrogen-bond donors (Lipinski definition) is 1. The first kappa shape index (κ1) is 29.5. The van der Waals surface area contributed by atoms with E-state index in [1.807, 2.05) is 19.1 Å². The van der Waals surface area contributed by atoms with E-state index < -0.39 is 30.0 Å². The molecule has 2 atom stereocenters. The van der Waals surface area contributed by atoms with Crippen molar-refractivity contribution in [2.75, 3.05) is 19.0 Å². The quantitative estimate of drug-likeness (QED) is 0.392. The van der Waals surface area contributed by atoms with E-state index in [1.165, 1.54) is 6.92 Å². The fourth-order valence-corrected chi connectivity index (χ4v) is 5.81. The monoisotopic (exact) mass is 558 g/mol. The minimum Gasteiger partial charge on any atom is -0.496 e. The van der Waals surface area contributed by atoms with E-state index >= 15 is 0 Å². The Morgan fingerprint density at radius 2 is 1.88 bits per heavy atom. The molecule has 0 bridgehead atoms. The number of rotatable bonds is 6. The predicted molar refractivity (Wildman–Crippen MR) is 148 cm³/mol. The van der Waals surface area contributed by atoms with Crippen molar-refractivity contribution < 1.29 is 32.2 Å². The highest BCUT2D eigenvalue weighted by Crippen LogP contribution is 2.47. The van der Waals surface area contributed by atoms with E-state index in [9.17, 15) is 22.8 Å². The van der Waals surface area contributed by atoms with Crippen LogP contribution in [0.4, 0.5) is 23.7 Å². The Labute approximate surface area is 233 Å². The third-order valence-corrected chi connectivity index (χ3v) is 7.86. The van der Waals surface area contributed by atoms with Crippen molar-refractivity contribution in [2.45, 2.75) is 79.1 Å². The van der Waals surface area contributed by atoms with Crippen molar-refractivity contribution in [3.05, 3.63) is 63.7 Å². The van der Waals surface area contributed by atoms with Gasteiger partial charge in [0, 0.05) is 24.7 Å². The van der Waals surface area contributed by atoms with Gasteiger partial charge in [-0.05, 0) is 92.0 Å². The van der Waals surface area contributed by atoms with E-state index in [0.29, 0.717) is 22.6 Å². The number of carbonyl (C=O) groups excluding carboxylic acids is 2. The number of aryl methyl sites for hydroxylation is 2. The fraction of sp³-hybridized carbons (Fsp3) is 0.484. The Hall–Kier alpha value is -3.49. The highest BCUT2D eigenvalue weighted by molar-refractivity contribution is 5.91. The van der Waals surface area contributed by atoms with E-state index in [0.717, 1.165) is 53.7 Å². The molecule has 2 aromatic rings. The van der Waals surface area contributed by atoms with E-state index in [1.54, 1.807) is 31.9 Å². The molecule has 0 spiro atoms. The highest BCUT2D eigenvalue weighted by Gasteiger charge is 2.42. The first-order valence-corrected chi connectivity index (χ1v) is 13.4. The van der Waals surface area contributed by atoms with Crippen LogP contribution in [-0.4, -0.2) is 36.6 Å². The van der Waals surface area contributed by atoms with Crippen LogP contribution in [0.2, 0.25) is 0 Å². The molecule has 2 aliphatic rings. The lowest BCUT2D eigenvalue weighted by Crippen LogP contribution is -2.35. The van der Waals surface area contributed by atoms with Gasteiger partial charge in [0.15, 0.2) is 0 Å². The molecule has 2 aromatic carbocycles. The number of benzene rings is 2. The summed E-state index contributed by atoms with van der Waals surface area (Å²) in [7, 11) is 1.60. The van der Waals surface area contributed by atoms with Crippen molar-refractivity contribution in [1.29, 1.82) is 0 Å². The van der Waals surface area contributed by atoms with E-state index in [2.05, 4.69) is 19.2 Å². The number of cyclic esters (lactones) is 1. The summed E-state index contributed by atoms with van der Waals surface area (Å²) >= 11 is 0. The van der Waals surface area contributed by atoms with Gasteiger partial charge in [0.1, 0.15) is 11.9 Å². The van der Waals surface area contributed by atoms with Gasteiger partial charge < -0.3 is 14.8 Å². The molecule has 0 unspecified atom stereocenters. The van der Waals surface area contributed by atoms with Gasteiger partial charge in [-0.25, -0.2) is 4.79 Å². The Morgan fingerprint density at radius 1 is 1.18 bits per heavy atom. The number of carbonyl (C=O) groups is 2. The second-order valence-electron chi connectivity index (χ2n) is 11.8. The number of anilines is 1. The number of allylic oxidation sites excluding steroid dienone is 1. The molecule has 1 N–H and O–H groups in total. The summed E-state index contributed by atoms with van der Waals surface area (Å²) in [5.74, 6) is 0.496. The fourth-order valence-electron chi connectivity index (χ4n) is 5.81. The van der Waals surface area contributed by atoms with Gasteiger partial charge in [-0.15, -0.1) is 0 Å². The number of alkyl halides is 3. The number of hydrogen-bond acceptors (Lipinski definition) is 4. The molecule has 1 fully saturated rings. The minimum absolute atomic E-state index is 0.0123. The molecule has 1 aliphatic carbocycles. The van der Waals surface area contributed by atoms with Gasteiger partial charge in [0.25, 0.3) is 0 Å². The molecular formula is C31H37F3N2O4. The van der Waals surface area contributed by atoms with Crippen molar-refractivity contribution in [3.8, 4) is 5.75 Å². The maximum atomic E-state index is 13.5. The lowest BCUT2D eigenvalue weighted by Gasteiger charge is -2.36. The predicted octanol–water partition coefficient (Wildman–Crippen LogP) is 7.83. The largest absolute Gasteiger partial charge is 0.496 e. The Kier molecular flexibility index (Phi) is 7.98. The van der Waals surface area contributed by atoms with Crippen LogP contribution in [0.15, 0.2) is 35.9 Å². The molecule has 9 heteroatoms. The zero-order valence-electron chi connectivity index (χ0n) is 24.1. The van der Waals surface area contributed by atoms with E-state index in [-0.39, 0.29) is 17.9 Å². The SMILES string of the molecule is COc1cc(C)c(NC(C)=O)cc1C1=C(CN2C(=O)O[C@H](c3cc(C)cc(C(F)(F)F)c3)[C@@H]2C)CC(C)(C)CC1. The number of nitrogens with one attached hydrogen (secondary N) is 1. The third kappa shape index (κ3) is 6.13. The smallest absolute Gasteiger partial charge is 0.416 e. The van der Waals surface area contributed by atoms with Crippen LogP contribution in [-0.2, 0) is 15.7 Å². The summed E-state index contributed by atoms with van der Waals surface area (Å²) < 4.78 is 51.9. The molecule has 0 radical (unpaired) electrons. The van der Waals surface area contributed by atoms with Gasteiger partial charge in [-0.3, -0.25) is 9.69 Å². The molecule has 216 valence electrons. The van der Waals surface area contributed by atoms with Crippen molar-refractivity contribution in [2.24, 2.45) is 5.41 Å². The molecule has 0 saturated carbocycles. The lowest BCUT2D eigenvalue weighted by atomic mass is 9.72. The van der Waals surface area contributed by atoms with Crippen molar-refractivity contribution >= 4 is 23.3 Å². The van der Waals surface area contributed by atoms with Crippen LogP contribution >= 0.6 is 0 Å². The summed E-state index contributed by atoms with van der Waals surface area (Å²) in [5, 5.41) is 2.88. The second-order valence-corrected chi connectivity index (χ2v) is 11.8. The van der Waals surface area contributed by atoms with Gasteiger partial charge >= 0.3 is 12.3 Å². The average molecular weight is 559 g/mol. The molecule has 4 rings (SSSR count). The molecule has 2 amide bonds. The minimum atomic E-state index is -4.50. The normalized spacial score (nSPS) is 20.9. The standard InChI is InChI=1S/C31H37F3N2O4/c1-17-10-21(13-23(11-17)31(32,33)34)28-19(3)36(29(38)40-28)16-22-15-30(5,6)9-8-24(22)25-14-26(35-20(4)37)18(2)12-27(25)39-7/h10-14,19,28H,8-9,15-16H2,1-7H3,(H,35,37)/t19-,28-/m0/s1. The van der Waals surface area contributed by atoms with Crippen molar-refractivity contribution in [1.82, 2.24) is 4.90 Å². The number of amides is 2. The summed E-state index contributed by atoms with van der Waals surface area (Å²) in [6, 6.07) is 7.13. The Bertz CT molecular complexity index is 1360. The molecule has 0 aromatic heterocycles. The van der Waals surface area contributed by atoms with Gasteiger partial charge in [0.2, 0.25) is 5.91 Å². The Morgan fingerprint density at radius 3 is 2.50 bits per heavy atom. The number of methoxy groups -OCH3 is 1. The number of nitrogens with zero attached hydrogens (tertiary/aromatic N) is 1. The summed E-state index contributed by atoms with van der Waals surface area (Å²) in [6.07, 6.45) is -3.49. The van der Waals surface area contributed by atoms with Gasteiger partial charge in [-0.2, -0.15) is 13.2 Å². The van der Waals surface area contributed by atoms with Crippen LogP contribution in [0.25, 0.3) is 5.57 Å². The van der Waals surface area contributed by atoms with Crippen LogP contribution < -0.4 is 10.1 Å². The number of ether oxygens (including phenoxy) is 2. The average Bonchev–Trinajstić information content (AvgIpc) is 3.12. The second kappa shape index (κ2) is 10.8. The zero-order valence-corrected chi connectivity index (χ0v) is 24.1. The van der Waals surface area contributed by atoms with Crippen LogP contribution in [0, 0.1) is 19.3 Å². The first-order valence-electron chi connectivity index (χ1n) is 13.4. The molecule has 40 heavy (non-hydrogen) atoms. The summed E-state index contributed by atoms with van der Waals surface area (Å²) in [6.45, 7) is 11.4. The van der Waals surface area contributed by atoms with Crippen molar-refractivity contribution in [3.63, 3.8) is 0 Å². The molecular weight excluding hydrogens is 521 g/mol. The van der Waals surface area contributed by atoms with Crippen LogP contribution in [0.1, 0.15) is 80.9 Å². The van der Waals surface area contributed by atoms with Gasteiger partial charge in [-0.1, -0.05) is 25.5 Å². The topological polar surface area (TPSA) is 67.9 Å². The van der Waals surface area contributed by atoms with Crippen LogP contribution in [0.5, 0.6) is 5.75 Å². The summed E-state index contributed by atoms with van der Waals surface area (Å²) in [5.41, 5.74) is 4.50. The zero-order chi connectivity index (χ0) is 29.6. The third-order valence-electron chi connectivity index (χ3n) is 7.86. The lowest BCUT2D eigenvalue weighted by molar-refractivity contribution is -0.137. The van der Waals surface area contributed by atoms with Gasteiger partial charge in [0.05, 0.1) is 18.7 Å². The molecule has 1 saturated heterocycles. The Balaban J connectivity index is 1.73. The molecule has 6 nitrogen and oxygen atoms in total. The van der Waals surface area contributed by atoms with E-state index in [4.69, 9.17) is 9.47 Å². The maximum absolute atomic E-state index is 13.5. The highest BCUT2D eigenvalue weighted by atomic mass is 19.4. The number of halogens is 3. The molecule has 1 heterocycles. The molecule has 1 aliphatic heterocycles. The summed E-state index contributed by atoms with van der Waals surface area (Å²) in [4.78, 5) is 26.6. The van der Waals surface area contributed by atoms with Crippen LogP contribution in [0.3, 0.4) is 0 Å². The first-order chi connectivity index (χ1) is 18.6.